The summed E-state index contributed by atoms with van der Waals surface area (Å²) in [6, 6.07) is 3.84. The van der Waals surface area contributed by atoms with Crippen molar-refractivity contribution < 1.29 is 24.2 Å². The minimum atomic E-state index is -1.04. The van der Waals surface area contributed by atoms with Gasteiger partial charge >= 0.3 is 11.9 Å². The molecule has 6 nitrogen and oxygen atoms in total. The molecule has 1 unspecified atom stereocenters. The summed E-state index contributed by atoms with van der Waals surface area (Å²) in [5, 5.41) is 11.9. The Balaban J connectivity index is 3.05. The van der Waals surface area contributed by atoms with Crippen LogP contribution in [0.4, 0.5) is 5.69 Å². The van der Waals surface area contributed by atoms with Gasteiger partial charge in [-0.3, -0.25) is 0 Å². The van der Waals surface area contributed by atoms with Gasteiger partial charge in [-0.25, -0.2) is 9.59 Å². The zero-order valence-electron chi connectivity index (χ0n) is 11.1. The van der Waals surface area contributed by atoms with Crippen molar-refractivity contribution in [3.63, 3.8) is 0 Å². The molecule has 104 valence electrons. The maximum Gasteiger partial charge on any atom is 0.335 e. The summed E-state index contributed by atoms with van der Waals surface area (Å²) >= 11 is 0. The fraction of sp³-hybridized carbons (Fsp3) is 0.385. The van der Waals surface area contributed by atoms with E-state index in [1.807, 2.05) is 6.92 Å². The number of carbonyl (C=O) groups is 2. The second-order valence-electron chi connectivity index (χ2n) is 3.85. The van der Waals surface area contributed by atoms with Gasteiger partial charge < -0.3 is 19.9 Å². The van der Waals surface area contributed by atoms with Gasteiger partial charge in [0, 0.05) is 0 Å². The molecule has 19 heavy (non-hydrogen) atoms. The fourth-order valence-corrected chi connectivity index (χ4v) is 1.61. The summed E-state index contributed by atoms with van der Waals surface area (Å²) in [7, 11) is 2.78. The number of methoxy groups -OCH3 is 2. The first-order valence-electron chi connectivity index (χ1n) is 5.79. The molecule has 0 saturated carbocycles. The lowest BCUT2D eigenvalue weighted by Crippen LogP contribution is -2.30. The van der Waals surface area contributed by atoms with Crippen molar-refractivity contribution in [1.82, 2.24) is 0 Å². The second kappa shape index (κ2) is 6.63. The van der Waals surface area contributed by atoms with Gasteiger partial charge in [-0.1, -0.05) is 6.92 Å². The van der Waals surface area contributed by atoms with Gasteiger partial charge in [0.25, 0.3) is 0 Å². The van der Waals surface area contributed by atoms with Gasteiger partial charge in [0.2, 0.25) is 0 Å². The van der Waals surface area contributed by atoms with Crippen LogP contribution in [0.3, 0.4) is 0 Å². The molecule has 0 fully saturated rings. The van der Waals surface area contributed by atoms with E-state index in [1.54, 1.807) is 0 Å². The molecule has 2 N–H and O–H groups in total. The first-order chi connectivity index (χ1) is 9.03. The van der Waals surface area contributed by atoms with Gasteiger partial charge in [-0.05, 0) is 24.6 Å². The third kappa shape index (κ3) is 3.61. The molecular formula is C13H17NO5. The smallest absolute Gasteiger partial charge is 0.335 e. The Morgan fingerprint density at radius 1 is 1.37 bits per heavy atom. The van der Waals surface area contributed by atoms with Crippen LogP contribution >= 0.6 is 0 Å². The average molecular weight is 267 g/mol. The molecule has 0 saturated heterocycles. The molecule has 0 aromatic heterocycles. The van der Waals surface area contributed by atoms with Crippen molar-refractivity contribution in [1.29, 1.82) is 0 Å². The van der Waals surface area contributed by atoms with Crippen LogP contribution in [-0.2, 0) is 9.53 Å². The first kappa shape index (κ1) is 14.8. The lowest BCUT2D eigenvalue weighted by molar-refractivity contribution is -0.141. The predicted octanol–water partition coefficient (Wildman–Crippen LogP) is 1.76. The Kier molecular flexibility index (Phi) is 5.17. The van der Waals surface area contributed by atoms with Gasteiger partial charge in [0.05, 0.1) is 25.5 Å². The van der Waals surface area contributed by atoms with Crippen LogP contribution < -0.4 is 10.1 Å². The predicted molar refractivity (Wildman–Crippen MR) is 69.7 cm³/mol. The summed E-state index contributed by atoms with van der Waals surface area (Å²) in [6.45, 7) is 1.82. The molecule has 0 spiro atoms. The number of hydrogen-bond donors (Lipinski definition) is 2. The largest absolute Gasteiger partial charge is 0.495 e. The molecule has 0 heterocycles. The fourth-order valence-electron chi connectivity index (χ4n) is 1.61. The summed E-state index contributed by atoms with van der Waals surface area (Å²) in [4.78, 5) is 22.5. The Labute approximate surface area is 111 Å². The number of esters is 1. The highest BCUT2D eigenvalue weighted by molar-refractivity contribution is 5.90. The highest BCUT2D eigenvalue weighted by atomic mass is 16.5. The Hall–Kier alpha value is -2.24. The van der Waals surface area contributed by atoms with E-state index in [0.717, 1.165) is 0 Å². The SMILES string of the molecule is CCC(Nc1cc(C(=O)O)ccc1OC)C(=O)OC. The molecule has 0 aliphatic heterocycles. The highest BCUT2D eigenvalue weighted by Crippen LogP contribution is 2.26. The van der Waals surface area contributed by atoms with Gasteiger partial charge in [-0.15, -0.1) is 0 Å². The van der Waals surface area contributed by atoms with E-state index in [-0.39, 0.29) is 5.56 Å². The number of anilines is 1. The van der Waals surface area contributed by atoms with E-state index in [9.17, 15) is 9.59 Å². The molecule has 1 aromatic carbocycles. The number of carboxylic acid groups (broad SMARTS) is 1. The molecule has 0 bridgehead atoms. The van der Waals surface area contributed by atoms with Crippen molar-refractivity contribution in [3.8, 4) is 5.75 Å². The Bertz CT molecular complexity index is 472. The monoisotopic (exact) mass is 267 g/mol. The summed E-state index contributed by atoms with van der Waals surface area (Å²) in [5.74, 6) is -0.991. The molecule has 1 rings (SSSR count). The Morgan fingerprint density at radius 3 is 2.53 bits per heavy atom. The van der Waals surface area contributed by atoms with Crippen LogP contribution in [0.2, 0.25) is 0 Å². The van der Waals surface area contributed by atoms with E-state index in [4.69, 9.17) is 9.84 Å². The van der Waals surface area contributed by atoms with Gasteiger partial charge in [0.1, 0.15) is 11.8 Å². The molecular weight excluding hydrogens is 250 g/mol. The number of nitrogens with one attached hydrogen (secondary N) is 1. The maximum absolute atomic E-state index is 11.5. The van der Waals surface area contributed by atoms with E-state index in [2.05, 4.69) is 10.1 Å². The van der Waals surface area contributed by atoms with Crippen LogP contribution in [0.1, 0.15) is 23.7 Å². The lowest BCUT2D eigenvalue weighted by Gasteiger charge is -2.18. The number of carbonyl (C=O) groups excluding carboxylic acids is 1. The van der Waals surface area contributed by atoms with Gasteiger partial charge in [0.15, 0.2) is 0 Å². The Morgan fingerprint density at radius 2 is 2.05 bits per heavy atom. The quantitative estimate of drug-likeness (QED) is 0.764. The standard InChI is InChI=1S/C13H17NO5/c1-4-9(13(17)19-3)14-10-7-8(12(15)16)5-6-11(10)18-2/h5-7,9,14H,4H2,1-3H3,(H,15,16). The van der Waals surface area contributed by atoms with Crippen molar-refractivity contribution >= 4 is 17.6 Å². The average Bonchev–Trinajstić information content (AvgIpc) is 2.43. The maximum atomic E-state index is 11.5. The zero-order valence-corrected chi connectivity index (χ0v) is 11.1. The van der Waals surface area contributed by atoms with Crippen LogP contribution in [0, 0.1) is 0 Å². The third-order valence-corrected chi connectivity index (χ3v) is 2.67. The van der Waals surface area contributed by atoms with Crippen molar-refractivity contribution in [2.24, 2.45) is 0 Å². The van der Waals surface area contributed by atoms with Crippen LogP contribution in [0.5, 0.6) is 5.75 Å². The van der Waals surface area contributed by atoms with Crippen LogP contribution in [-0.4, -0.2) is 37.3 Å². The van der Waals surface area contributed by atoms with Crippen LogP contribution in [0.25, 0.3) is 0 Å². The molecule has 0 radical (unpaired) electrons. The van der Waals surface area contributed by atoms with Crippen molar-refractivity contribution in [2.75, 3.05) is 19.5 Å². The van der Waals surface area contributed by atoms with Crippen molar-refractivity contribution in [3.05, 3.63) is 23.8 Å². The number of ether oxygens (including phenoxy) is 2. The number of carboxylic acids is 1. The molecule has 0 aliphatic carbocycles. The first-order valence-corrected chi connectivity index (χ1v) is 5.79. The minimum Gasteiger partial charge on any atom is -0.495 e. The second-order valence-corrected chi connectivity index (χ2v) is 3.85. The van der Waals surface area contributed by atoms with E-state index >= 15 is 0 Å². The van der Waals surface area contributed by atoms with Crippen LogP contribution in [0.15, 0.2) is 18.2 Å². The molecule has 1 atom stereocenters. The zero-order chi connectivity index (χ0) is 14.4. The lowest BCUT2D eigenvalue weighted by atomic mass is 10.1. The van der Waals surface area contributed by atoms with E-state index in [1.165, 1.54) is 32.4 Å². The number of aromatic carboxylic acids is 1. The summed E-state index contributed by atoms with van der Waals surface area (Å²) < 4.78 is 9.80. The summed E-state index contributed by atoms with van der Waals surface area (Å²) in [6.07, 6.45) is 0.507. The van der Waals surface area contributed by atoms with E-state index < -0.39 is 18.0 Å². The summed E-state index contributed by atoms with van der Waals surface area (Å²) in [5.41, 5.74) is 0.558. The number of benzene rings is 1. The van der Waals surface area contributed by atoms with E-state index in [0.29, 0.717) is 17.9 Å². The highest BCUT2D eigenvalue weighted by Gasteiger charge is 2.19. The topological polar surface area (TPSA) is 84.9 Å². The van der Waals surface area contributed by atoms with Crippen molar-refractivity contribution in [2.45, 2.75) is 19.4 Å². The number of rotatable bonds is 6. The minimum absolute atomic E-state index is 0.114. The molecule has 0 amide bonds. The molecule has 1 aromatic rings. The molecule has 0 aliphatic rings. The third-order valence-electron chi connectivity index (χ3n) is 2.67. The van der Waals surface area contributed by atoms with Gasteiger partial charge in [-0.2, -0.15) is 0 Å². The normalized spacial score (nSPS) is 11.5. The number of hydrogen-bond acceptors (Lipinski definition) is 5. The molecule has 6 heteroatoms.